The molecular weight excluding hydrogens is 410 g/mol. The third-order valence-corrected chi connectivity index (χ3v) is 5.53. The van der Waals surface area contributed by atoms with Crippen LogP contribution < -0.4 is 19.5 Å². The van der Waals surface area contributed by atoms with Crippen molar-refractivity contribution in [1.82, 2.24) is 5.32 Å². The number of para-hydroxylation sites is 1. The van der Waals surface area contributed by atoms with Gasteiger partial charge in [-0.25, -0.2) is 0 Å². The van der Waals surface area contributed by atoms with Crippen LogP contribution in [0.4, 0.5) is 0 Å². The van der Waals surface area contributed by atoms with E-state index in [4.69, 9.17) is 18.9 Å². The average Bonchev–Trinajstić information content (AvgIpc) is 3.26. The molecule has 0 saturated carbocycles. The summed E-state index contributed by atoms with van der Waals surface area (Å²) in [5, 5.41) is 3.01. The summed E-state index contributed by atoms with van der Waals surface area (Å²) in [6.07, 6.45) is 4.41. The zero-order chi connectivity index (χ0) is 23.1. The van der Waals surface area contributed by atoms with Crippen molar-refractivity contribution in [2.24, 2.45) is 5.92 Å². The Hall–Kier alpha value is -3.48. The molecule has 3 rings (SSSR count). The summed E-state index contributed by atoms with van der Waals surface area (Å²) in [4.78, 5) is 25.8. The van der Waals surface area contributed by atoms with E-state index in [1.165, 1.54) is 7.11 Å². The number of rotatable bonds is 9. The van der Waals surface area contributed by atoms with Crippen molar-refractivity contribution in [2.75, 3.05) is 27.9 Å². The number of hydrogen-bond acceptors (Lipinski definition) is 6. The van der Waals surface area contributed by atoms with Gasteiger partial charge < -0.3 is 24.3 Å². The third kappa shape index (κ3) is 5.04. The highest BCUT2D eigenvalue weighted by Crippen LogP contribution is 2.40. The Morgan fingerprint density at radius 3 is 2.44 bits per heavy atom. The summed E-state index contributed by atoms with van der Waals surface area (Å²) in [6, 6.07) is 12.2. The molecule has 0 unspecified atom stereocenters. The number of esters is 1. The SMILES string of the molecule is CCOC(=O)[C@H](c1cc(OC)ccc1OC)[C@H]1C=C[C@H](NC(=O)c2ccccc2OC)C1. The number of carbonyl (C=O) groups excluding carboxylic acids is 2. The molecule has 1 amide bonds. The maximum atomic E-state index is 13.0. The molecule has 170 valence electrons. The molecule has 0 aliphatic heterocycles. The molecule has 1 aliphatic rings. The zero-order valence-electron chi connectivity index (χ0n) is 18.8. The van der Waals surface area contributed by atoms with E-state index in [9.17, 15) is 9.59 Å². The van der Waals surface area contributed by atoms with Crippen LogP contribution in [0.15, 0.2) is 54.6 Å². The fraction of sp³-hybridized carbons (Fsp3) is 0.360. The Morgan fingerprint density at radius 1 is 1.00 bits per heavy atom. The van der Waals surface area contributed by atoms with Crippen molar-refractivity contribution in [3.63, 3.8) is 0 Å². The fourth-order valence-corrected chi connectivity index (χ4v) is 4.01. The minimum atomic E-state index is -0.593. The number of methoxy groups -OCH3 is 3. The number of amides is 1. The zero-order valence-corrected chi connectivity index (χ0v) is 18.8. The monoisotopic (exact) mass is 439 g/mol. The van der Waals surface area contributed by atoms with E-state index < -0.39 is 5.92 Å². The first-order valence-corrected chi connectivity index (χ1v) is 10.5. The van der Waals surface area contributed by atoms with Crippen molar-refractivity contribution in [3.05, 3.63) is 65.7 Å². The van der Waals surface area contributed by atoms with Gasteiger partial charge in [0.2, 0.25) is 0 Å². The van der Waals surface area contributed by atoms with E-state index in [2.05, 4.69) is 5.32 Å². The molecule has 7 heteroatoms. The highest BCUT2D eigenvalue weighted by Gasteiger charge is 2.36. The second-order valence-corrected chi connectivity index (χ2v) is 7.40. The Morgan fingerprint density at radius 2 is 1.75 bits per heavy atom. The first-order valence-electron chi connectivity index (χ1n) is 10.5. The van der Waals surface area contributed by atoms with Crippen molar-refractivity contribution in [2.45, 2.75) is 25.3 Å². The third-order valence-electron chi connectivity index (χ3n) is 5.53. The Balaban J connectivity index is 1.82. The molecule has 0 aromatic heterocycles. The highest BCUT2D eigenvalue weighted by atomic mass is 16.5. The Bertz CT molecular complexity index is 986. The van der Waals surface area contributed by atoms with Gasteiger partial charge in [-0.15, -0.1) is 0 Å². The average molecular weight is 440 g/mol. The van der Waals surface area contributed by atoms with Gasteiger partial charge >= 0.3 is 5.97 Å². The van der Waals surface area contributed by atoms with E-state index in [-0.39, 0.29) is 30.4 Å². The first-order chi connectivity index (χ1) is 15.5. The van der Waals surface area contributed by atoms with Gasteiger partial charge in [-0.1, -0.05) is 24.3 Å². The van der Waals surface area contributed by atoms with E-state index in [0.29, 0.717) is 34.8 Å². The van der Waals surface area contributed by atoms with Crippen LogP contribution in [-0.2, 0) is 9.53 Å². The van der Waals surface area contributed by atoms with Crippen LogP contribution in [0.5, 0.6) is 17.2 Å². The molecule has 0 spiro atoms. The van der Waals surface area contributed by atoms with Gasteiger partial charge in [-0.05, 0) is 49.6 Å². The molecule has 1 N–H and O–H groups in total. The molecule has 0 bridgehead atoms. The van der Waals surface area contributed by atoms with Crippen molar-refractivity contribution in [1.29, 1.82) is 0 Å². The highest BCUT2D eigenvalue weighted by molar-refractivity contribution is 5.97. The standard InChI is InChI=1S/C25H29NO6/c1-5-32-25(28)23(20-15-18(29-2)12-13-22(20)31-4)16-10-11-17(14-16)26-24(27)19-8-6-7-9-21(19)30-3/h6-13,15-17,23H,5,14H2,1-4H3,(H,26,27)/t16-,17-,23-/m0/s1. The first kappa shape index (κ1) is 23.2. The number of allylic oxidation sites excluding steroid dienone is 1. The molecule has 7 nitrogen and oxygen atoms in total. The summed E-state index contributed by atoms with van der Waals surface area (Å²) in [5.74, 6) is 0.364. The summed E-state index contributed by atoms with van der Waals surface area (Å²) < 4.78 is 21.5. The Labute approximate surface area is 188 Å². The summed E-state index contributed by atoms with van der Waals surface area (Å²) >= 11 is 0. The lowest BCUT2D eigenvalue weighted by atomic mass is 9.84. The van der Waals surface area contributed by atoms with Crippen LogP contribution in [0.1, 0.15) is 35.2 Å². The minimum Gasteiger partial charge on any atom is -0.497 e. The minimum absolute atomic E-state index is 0.182. The largest absolute Gasteiger partial charge is 0.497 e. The summed E-state index contributed by atoms with van der Waals surface area (Å²) in [7, 11) is 4.67. The molecule has 0 heterocycles. The van der Waals surface area contributed by atoms with Gasteiger partial charge in [0.1, 0.15) is 17.2 Å². The quantitative estimate of drug-likeness (QED) is 0.474. The normalized spacial score (nSPS) is 18.0. The molecule has 0 radical (unpaired) electrons. The molecule has 2 aromatic carbocycles. The van der Waals surface area contributed by atoms with E-state index >= 15 is 0 Å². The van der Waals surface area contributed by atoms with Gasteiger partial charge in [0.05, 0.1) is 39.4 Å². The fourth-order valence-electron chi connectivity index (χ4n) is 4.01. The molecule has 3 atom stereocenters. The van der Waals surface area contributed by atoms with E-state index in [0.717, 1.165) is 0 Å². The predicted octanol–water partition coefficient (Wildman–Crippen LogP) is 3.73. The van der Waals surface area contributed by atoms with Crippen LogP contribution in [0.25, 0.3) is 0 Å². The van der Waals surface area contributed by atoms with Crippen LogP contribution >= 0.6 is 0 Å². The van der Waals surface area contributed by atoms with Gasteiger partial charge in [0.25, 0.3) is 5.91 Å². The van der Waals surface area contributed by atoms with Gasteiger partial charge in [-0.3, -0.25) is 9.59 Å². The van der Waals surface area contributed by atoms with Crippen LogP contribution in [0, 0.1) is 5.92 Å². The number of benzene rings is 2. The topological polar surface area (TPSA) is 83.1 Å². The van der Waals surface area contributed by atoms with Gasteiger partial charge in [-0.2, -0.15) is 0 Å². The van der Waals surface area contributed by atoms with Crippen molar-refractivity contribution in [3.8, 4) is 17.2 Å². The smallest absolute Gasteiger partial charge is 0.314 e. The summed E-state index contributed by atoms with van der Waals surface area (Å²) in [6.45, 7) is 2.05. The van der Waals surface area contributed by atoms with E-state index in [1.54, 1.807) is 57.5 Å². The number of nitrogens with one attached hydrogen (secondary N) is 1. The molecule has 0 saturated heterocycles. The Kier molecular flexibility index (Phi) is 7.76. The maximum absolute atomic E-state index is 13.0. The maximum Gasteiger partial charge on any atom is 0.314 e. The molecule has 32 heavy (non-hydrogen) atoms. The van der Waals surface area contributed by atoms with Gasteiger partial charge in [0.15, 0.2) is 0 Å². The molecule has 0 fully saturated rings. The summed E-state index contributed by atoms with van der Waals surface area (Å²) in [5.41, 5.74) is 1.15. The van der Waals surface area contributed by atoms with Gasteiger partial charge in [0, 0.05) is 11.6 Å². The molecule has 1 aliphatic carbocycles. The van der Waals surface area contributed by atoms with Crippen molar-refractivity contribution >= 4 is 11.9 Å². The number of carbonyl (C=O) groups is 2. The second-order valence-electron chi connectivity index (χ2n) is 7.40. The van der Waals surface area contributed by atoms with Crippen molar-refractivity contribution < 1.29 is 28.5 Å². The molecular formula is C25H29NO6. The van der Waals surface area contributed by atoms with Crippen LogP contribution in [0.2, 0.25) is 0 Å². The lowest BCUT2D eigenvalue weighted by molar-refractivity contribution is -0.146. The van der Waals surface area contributed by atoms with Crippen LogP contribution in [-0.4, -0.2) is 45.9 Å². The van der Waals surface area contributed by atoms with Crippen LogP contribution in [0.3, 0.4) is 0 Å². The molecule has 2 aromatic rings. The predicted molar refractivity (Wildman–Crippen MR) is 120 cm³/mol. The number of ether oxygens (including phenoxy) is 4. The van der Waals surface area contributed by atoms with E-state index in [1.807, 2.05) is 18.2 Å². The number of hydrogen-bond donors (Lipinski definition) is 1. The lowest BCUT2D eigenvalue weighted by Crippen LogP contribution is -2.34. The lowest BCUT2D eigenvalue weighted by Gasteiger charge is -2.24. The second kappa shape index (κ2) is 10.7.